The number of hydrogen-bond donors (Lipinski definition) is 0. The van der Waals surface area contributed by atoms with Crippen LogP contribution in [0.15, 0.2) is 0 Å². The molecule has 0 bridgehead atoms. The van der Waals surface area contributed by atoms with E-state index in [1.807, 2.05) is 11.9 Å². The summed E-state index contributed by atoms with van der Waals surface area (Å²) in [6.45, 7) is 0.961. The number of likely N-dealkylation sites (N-methyl/N-ethyl adjacent to an activating group) is 1. The van der Waals surface area contributed by atoms with Crippen LogP contribution in [0.25, 0.3) is 0 Å². The van der Waals surface area contributed by atoms with Gasteiger partial charge in [0, 0.05) is 0 Å². The number of nitrogens with zero attached hydrogens (tertiary/aromatic N) is 1. The third-order valence-corrected chi connectivity index (χ3v) is 1.58. The first-order valence-corrected chi connectivity index (χ1v) is 3.11. The van der Waals surface area contributed by atoms with E-state index in [0.717, 1.165) is 0 Å². The van der Waals surface area contributed by atoms with Crippen LogP contribution < -0.4 is 0 Å². The highest BCUT2D eigenvalue weighted by Crippen LogP contribution is 2.06. The molecule has 1 heterocycles. The van der Waals surface area contributed by atoms with Gasteiger partial charge in [-0.25, -0.2) is 0 Å². The minimum atomic E-state index is -0.222. The number of hydrogen-bond acceptors (Lipinski definition) is 4. The van der Waals surface area contributed by atoms with Gasteiger partial charge in [0.25, 0.3) is 0 Å². The van der Waals surface area contributed by atoms with E-state index in [-0.39, 0.29) is 12.0 Å². The van der Waals surface area contributed by atoms with Crippen molar-refractivity contribution in [2.45, 2.75) is 6.04 Å². The molecule has 1 unspecified atom stereocenters. The molecule has 0 aromatic carbocycles. The van der Waals surface area contributed by atoms with Crippen LogP contribution >= 0.6 is 0 Å². The summed E-state index contributed by atoms with van der Waals surface area (Å²) in [5.74, 6) is -0.222. The number of carbonyl (C=O) groups excluding carboxylic acids is 1. The van der Waals surface area contributed by atoms with Crippen LogP contribution in [-0.4, -0.2) is 44.4 Å². The molecule has 1 fully saturated rings. The molecule has 0 saturated carbocycles. The Morgan fingerprint density at radius 3 is 2.90 bits per heavy atom. The van der Waals surface area contributed by atoms with Crippen LogP contribution in [0.1, 0.15) is 0 Å². The summed E-state index contributed by atoms with van der Waals surface area (Å²) >= 11 is 0. The summed E-state index contributed by atoms with van der Waals surface area (Å²) in [5, 5.41) is 0. The highest BCUT2D eigenvalue weighted by atomic mass is 16.5. The Morgan fingerprint density at radius 2 is 2.50 bits per heavy atom. The molecule has 1 aliphatic heterocycles. The third kappa shape index (κ3) is 1.27. The van der Waals surface area contributed by atoms with Crippen molar-refractivity contribution < 1.29 is 14.3 Å². The minimum Gasteiger partial charge on any atom is -0.468 e. The summed E-state index contributed by atoms with van der Waals surface area (Å²) in [6.07, 6.45) is 0. The van der Waals surface area contributed by atoms with Gasteiger partial charge in [-0.1, -0.05) is 0 Å². The van der Waals surface area contributed by atoms with Gasteiger partial charge >= 0.3 is 5.97 Å². The predicted octanol–water partition coefficient (Wildman–Crippen LogP) is -0.553. The maximum atomic E-state index is 10.9. The van der Waals surface area contributed by atoms with Gasteiger partial charge in [-0.15, -0.1) is 0 Å². The fourth-order valence-corrected chi connectivity index (χ4v) is 0.910. The van der Waals surface area contributed by atoms with Crippen LogP contribution in [0.3, 0.4) is 0 Å². The van der Waals surface area contributed by atoms with Crippen LogP contribution in [0, 0.1) is 0 Å². The predicted molar refractivity (Wildman–Crippen MR) is 34.4 cm³/mol. The summed E-state index contributed by atoms with van der Waals surface area (Å²) in [6, 6.07) is -0.204. The average molecular weight is 145 g/mol. The van der Waals surface area contributed by atoms with Gasteiger partial charge in [-0.05, 0) is 7.05 Å². The molecule has 1 saturated heterocycles. The van der Waals surface area contributed by atoms with Crippen molar-refractivity contribution in [3.63, 3.8) is 0 Å². The topological polar surface area (TPSA) is 38.8 Å². The first kappa shape index (κ1) is 7.50. The van der Waals surface area contributed by atoms with E-state index < -0.39 is 0 Å². The number of rotatable bonds is 1. The molecule has 58 valence electrons. The highest BCUT2D eigenvalue weighted by Gasteiger charge is 2.29. The van der Waals surface area contributed by atoms with E-state index in [4.69, 9.17) is 4.74 Å². The molecule has 0 aromatic rings. The van der Waals surface area contributed by atoms with Crippen molar-refractivity contribution in [3.05, 3.63) is 0 Å². The van der Waals surface area contributed by atoms with E-state index in [1.165, 1.54) is 7.11 Å². The van der Waals surface area contributed by atoms with Crippen LogP contribution in [0.4, 0.5) is 0 Å². The Labute approximate surface area is 59.7 Å². The van der Waals surface area contributed by atoms with Gasteiger partial charge < -0.3 is 9.47 Å². The van der Waals surface area contributed by atoms with Crippen LogP contribution in [0.2, 0.25) is 0 Å². The number of esters is 1. The van der Waals surface area contributed by atoms with E-state index in [0.29, 0.717) is 13.3 Å². The fourth-order valence-electron chi connectivity index (χ4n) is 0.910. The molecule has 0 aromatic heterocycles. The van der Waals surface area contributed by atoms with Gasteiger partial charge in [0.05, 0.1) is 20.4 Å². The summed E-state index contributed by atoms with van der Waals surface area (Å²) in [4.78, 5) is 12.7. The maximum Gasteiger partial charge on any atom is 0.325 e. The fraction of sp³-hybridized carbons (Fsp3) is 0.833. The van der Waals surface area contributed by atoms with Crippen LogP contribution in [0.5, 0.6) is 0 Å². The zero-order chi connectivity index (χ0) is 7.56. The second-order valence-electron chi connectivity index (χ2n) is 2.30. The zero-order valence-corrected chi connectivity index (χ0v) is 6.16. The molecule has 0 radical (unpaired) electrons. The first-order chi connectivity index (χ1) is 4.75. The lowest BCUT2D eigenvalue weighted by Crippen LogP contribution is -2.35. The standard InChI is InChI=1S/C6H11NO3/c1-7-4-10-3-5(7)6(8)9-2/h5H,3-4H2,1-2H3. The van der Waals surface area contributed by atoms with Crippen molar-refractivity contribution >= 4 is 5.97 Å². The molecule has 4 nitrogen and oxygen atoms in total. The summed E-state index contributed by atoms with van der Waals surface area (Å²) in [7, 11) is 3.21. The molecule has 0 N–H and O–H groups in total. The Hall–Kier alpha value is -0.610. The Balaban J connectivity index is 2.46. The Kier molecular flexibility index (Phi) is 2.24. The molecule has 10 heavy (non-hydrogen) atoms. The van der Waals surface area contributed by atoms with E-state index >= 15 is 0 Å². The average Bonchev–Trinajstić information content (AvgIpc) is 2.34. The van der Waals surface area contributed by atoms with Crippen molar-refractivity contribution in [3.8, 4) is 0 Å². The quantitative estimate of drug-likeness (QED) is 0.464. The van der Waals surface area contributed by atoms with Crippen molar-refractivity contribution in [1.82, 2.24) is 4.90 Å². The molecular weight excluding hydrogens is 134 g/mol. The largest absolute Gasteiger partial charge is 0.468 e. The third-order valence-electron chi connectivity index (χ3n) is 1.58. The second kappa shape index (κ2) is 2.98. The molecule has 1 rings (SSSR count). The van der Waals surface area contributed by atoms with Gasteiger partial charge in [0.2, 0.25) is 0 Å². The summed E-state index contributed by atoms with van der Waals surface area (Å²) < 4.78 is 9.56. The smallest absolute Gasteiger partial charge is 0.325 e. The zero-order valence-electron chi connectivity index (χ0n) is 6.16. The lowest BCUT2D eigenvalue weighted by atomic mass is 10.3. The highest BCUT2D eigenvalue weighted by molar-refractivity contribution is 5.75. The summed E-state index contributed by atoms with van der Waals surface area (Å²) in [5.41, 5.74) is 0. The van der Waals surface area contributed by atoms with Crippen molar-refractivity contribution in [2.75, 3.05) is 27.5 Å². The Bertz CT molecular complexity index is 137. The van der Waals surface area contributed by atoms with Crippen molar-refractivity contribution in [2.24, 2.45) is 0 Å². The van der Waals surface area contributed by atoms with E-state index in [1.54, 1.807) is 0 Å². The molecule has 4 heteroatoms. The molecule has 0 amide bonds. The molecular formula is C6H11NO3. The lowest BCUT2D eigenvalue weighted by Gasteiger charge is -2.13. The first-order valence-electron chi connectivity index (χ1n) is 3.11. The molecule has 1 atom stereocenters. The monoisotopic (exact) mass is 145 g/mol. The van der Waals surface area contributed by atoms with Gasteiger partial charge in [-0.3, -0.25) is 9.69 Å². The second-order valence-corrected chi connectivity index (χ2v) is 2.30. The van der Waals surface area contributed by atoms with Gasteiger partial charge in [-0.2, -0.15) is 0 Å². The number of carbonyl (C=O) groups is 1. The van der Waals surface area contributed by atoms with Gasteiger partial charge in [0.15, 0.2) is 0 Å². The molecule has 0 aliphatic carbocycles. The number of methoxy groups -OCH3 is 1. The Morgan fingerprint density at radius 1 is 1.80 bits per heavy atom. The minimum absolute atomic E-state index is 0.204. The SMILES string of the molecule is COC(=O)C1COCN1C. The maximum absolute atomic E-state index is 10.9. The molecule has 1 aliphatic rings. The molecule has 0 spiro atoms. The van der Waals surface area contributed by atoms with Crippen molar-refractivity contribution in [1.29, 1.82) is 0 Å². The van der Waals surface area contributed by atoms with E-state index in [9.17, 15) is 4.79 Å². The van der Waals surface area contributed by atoms with Gasteiger partial charge in [0.1, 0.15) is 6.04 Å². The van der Waals surface area contributed by atoms with Crippen LogP contribution in [-0.2, 0) is 14.3 Å². The number of ether oxygens (including phenoxy) is 2. The normalized spacial score (nSPS) is 26.8. The van der Waals surface area contributed by atoms with E-state index in [2.05, 4.69) is 4.74 Å². The lowest BCUT2D eigenvalue weighted by molar-refractivity contribution is -0.145.